The lowest BCUT2D eigenvalue weighted by Crippen LogP contribution is -2.27. The Kier molecular flexibility index (Phi) is 3.97. The lowest BCUT2D eigenvalue weighted by molar-refractivity contribution is -0.117. The van der Waals surface area contributed by atoms with Crippen LogP contribution in [0.1, 0.15) is 28.8 Å². The van der Waals surface area contributed by atoms with Crippen molar-refractivity contribution in [3.05, 3.63) is 53.6 Å². The van der Waals surface area contributed by atoms with E-state index in [1.54, 1.807) is 11.0 Å². The van der Waals surface area contributed by atoms with Crippen molar-refractivity contribution in [2.24, 2.45) is 0 Å². The molecule has 0 aliphatic carbocycles. The van der Waals surface area contributed by atoms with Gasteiger partial charge < -0.3 is 4.90 Å². The number of nitrogens with one attached hydrogen (secondary N) is 1. The van der Waals surface area contributed by atoms with E-state index in [2.05, 4.69) is 10.3 Å². The van der Waals surface area contributed by atoms with Crippen molar-refractivity contribution in [2.45, 2.75) is 19.8 Å². The van der Waals surface area contributed by atoms with E-state index in [4.69, 9.17) is 0 Å². The smallest absolute Gasteiger partial charge is 0.259 e. The quantitative estimate of drug-likeness (QED) is 0.776. The fourth-order valence-corrected chi connectivity index (χ4v) is 4.05. The summed E-state index contributed by atoms with van der Waals surface area (Å²) in [6.07, 6.45) is 1.36. The molecule has 3 aromatic rings. The normalized spacial score (nSPS) is 14.3. The third-order valence-electron chi connectivity index (χ3n) is 4.35. The van der Waals surface area contributed by atoms with Crippen LogP contribution in [0.15, 0.2) is 42.5 Å². The van der Waals surface area contributed by atoms with Gasteiger partial charge in [-0.25, -0.2) is 4.98 Å². The van der Waals surface area contributed by atoms with E-state index < -0.39 is 0 Å². The predicted octanol–water partition coefficient (Wildman–Crippen LogP) is 3.98. The molecular formula is C19H17N3O2S. The van der Waals surface area contributed by atoms with Crippen LogP contribution in [0.2, 0.25) is 0 Å². The van der Waals surface area contributed by atoms with E-state index in [-0.39, 0.29) is 11.8 Å². The molecule has 0 saturated carbocycles. The van der Waals surface area contributed by atoms with Gasteiger partial charge in [0.25, 0.3) is 5.91 Å². The molecule has 2 amide bonds. The molecule has 126 valence electrons. The molecule has 0 atom stereocenters. The van der Waals surface area contributed by atoms with Gasteiger partial charge in [0.2, 0.25) is 5.91 Å². The largest absolute Gasteiger partial charge is 0.312 e. The molecule has 1 aromatic heterocycles. The summed E-state index contributed by atoms with van der Waals surface area (Å²) in [6.45, 7) is 2.66. The summed E-state index contributed by atoms with van der Waals surface area (Å²) >= 11 is 1.45. The number of anilines is 2. The molecule has 0 spiro atoms. The highest BCUT2D eigenvalue weighted by molar-refractivity contribution is 7.22. The number of fused-ring (bicyclic) bond motifs is 1. The fraction of sp³-hybridized carbons (Fsp3) is 0.211. The first kappa shape index (κ1) is 15.8. The van der Waals surface area contributed by atoms with Crippen molar-refractivity contribution < 1.29 is 9.59 Å². The molecular weight excluding hydrogens is 334 g/mol. The third-order valence-corrected chi connectivity index (χ3v) is 5.29. The Morgan fingerprint density at radius 2 is 2.04 bits per heavy atom. The molecule has 6 heteroatoms. The number of carbonyl (C=O) groups excluding carboxylic acids is 2. The molecule has 1 saturated heterocycles. The molecule has 0 radical (unpaired) electrons. The number of para-hydroxylation sites is 2. The molecule has 5 nitrogen and oxygen atoms in total. The molecule has 0 bridgehead atoms. The van der Waals surface area contributed by atoms with Crippen LogP contribution in [0.5, 0.6) is 0 Å². The number of benzene rings is 2. The van der Waals surface area contributed by atoms with Crippen LogP contribution < -0.4 is 10.2 Å². The zero-order chi connectivity index (χ0) is 17.4. The maximum Gasteiger partial charge on any atom is 0.259 e. The standard InChI is InChI=1S/C19H17N3O2S/c1-12-6-4-9-15-17(12)20-19(25-15)21-18(24)13-7-2-3-8-14(13)22-11-5-10-16(22)23/h2-4,6-9H,5,10-11H2,1H3,(H,20,21,24). The van der Waals surface area contributed by atoms with Gasteiger partial charge in [-0.05, 0) is 37.1 Å². The average Bonchev–Trinajstić information content (AvgIpc) is 3.21. The molecule has 1 aliphatic rings. The highest BCUT2D eigenvalue weighted by atomic mass is 32.1. The first-order valence-electron chi connectivity index (χ1n) is 8.20. The van der Waals surface area contributed by atoms with Gasteiger partial charge in [-0.15, -0.1) is 0 Å². The summed E-state index contributed by atoms with van der Waals surface area (Å²) < 4.78 is 1.04. The highest BCUT2D eigenvalue weighted by Gasteiger charge is 2.25. The van der Waals surface area contributed by atoms with E-state index in [9.17, 15) is 9.59 Å². The summed E-state index contributed by atoms with van der Waals surface area (Å²) in [5.74, 6) is -0.178. The summed E-state index contributed by atoms with van der Waals surface area (Å²) in [5.41, 5.74) is 3.15. The molecule has 0 unspecified atom stereocenters. The van der Waals surface area contributed by atoms with Crippen LogP contribution in [-0.2, 0) is 4.79 Å². The van der Waals surface area contributed by atoms with Crippen LogP contribution in [0.4, 0.5) is 10.8 Å². The van der Waals surface area contributed by atoms with Gasteiger partial charge in [0.05, 0.1) is 21.5 Å². The lowest BCUT2D eigenvalue weighted by atomic mass is 10.1. The lowest BCUT2D eigenvalue weighted by Gasteiger charge is -2.18. The SMILES string of the molecule is Cc1cccc2sc(NC(=O)c3ccccc3N3CCCC3=O)nc12. The number of carbonyl (C=O) groups is 2. The van der Waals surface area contributed by atoms with Crippen molar-refractivity contribution in [1.29, 1.82) is 0 Å². The van der Waals surface area contributed by atoms with E-state index in [0.717, 1.165) is 22.2 Å². The first-order chi connectivity index (χ1) is 12.1. The van der Waals surface area contributed by atoms with Crippen LogP contribution in [0.3, 0.4) is 0 Å². The number of hydrogen-bond acceptors (Lipinski definition) is 4. The van der Waals surface area contributed by atoms with Gasteiger partial charge in [-0.3, -0.25) is 14.9 Å². The van der Waals surface area contributed by atoms with E-state index in [1.807, 2.05) is 43.3 Å². The van der Waals surface area contributed by atoms with E-state index >= 15 is 0 Å². The van der Waals surface area contributed by atoms with Gasteiger partial charge in [-0.2, -0.15) is 0 Å². The van der Waals surface area contributed by atoms with Gasteiger partial charge in [-0.1, -0.05) is 35.6 Å². The Hall–Kier alpha value is -2.73. The van der Waals surface area contributed by atoms with Crippen molar-refractivity contribution in [3.63, 3.8) is 0 Å². The number of amides is 2. The Balaban J connectivity index is 1.65. The molecule has 25 heavy (non-hydrogen) atoms. The molecule has 1 aliphatic heterocycles. The summed E-state index contributed by atoms with van der Waals surface area (Å²) in [6, 6.07) is 13.2. The van der Waals surface area contributed by atoms with Crippen LogP contribution in [-0.4, -0.2) is 23.3 Å². The number of thiazole rings is 1. The summed E-state index contributed by atoms with van der Waals surface area (Å²) in [7, 11) is 0. The minimum absolute atomic E-state index is 0.0656. The van der Waals surface area contributed by atoms with E-state index in [0.29, 0.717) is 29.3 Å². The average molecular weight is 351 g/mol. The molecule has 2 heterocycles. The Morgan fingerprint density at radius 1 is 1.20 bits per heavy atom. The monoisotopic (exact) mass is 351 g/mol. The number of hydrogen-bond donors (Lipinski definition) is 1. The maximum atomic E-state index is 12.8. The predicted molar refractivity (Wildman–Crippen MR) is 100 cm³/mol. The molecule has 1 fully saturated rings. The Morgan fingerprint density at radius 3 is 2.80 bits per heavy atom. The van der Waals surface area contributed by atoms with Crippen LogP contribution in [0.25, 0.3) is 10.2 Å². The molecule has 1 N–H and O–H groups in total. The van der Waals surface area contributed by atoms with Gasteiger partial charge in [0.1, 0.15) is 0 Å². The van der Waals surface area contributed by atoms with Crippen LogP contribution in [0, 0.1) is 6.92 Å². The third kappa shape index (κ3) is 2.89. The van der Waals surface area contributed by atoms with Crippen LogP contribution >= 0.6 is 11.3 Å². The zero-order valence-corrected chi connectivity index (χ0v) is 14.6. The van der Waals surface area contributed by atoms with Crippen molar-refractivity contribution in [3.8, 4) is 0 Å². The van der Waals surface area contributed by atoms with E-state index in [1.165, 1.54) is 11.3 Å². The van der Waals surface area contributed by atoms with Gasteiger partial charge in [0.15, 0.2) is 5.13 Å². The first-order valence-corrected chi connectivity index (χ1v) is 9.02. The molecule has 4 rings (SSSR count). The second-order valence-corrected chi connectivity index (χ2v) is 7.09. The highest BCUT2D eigenvalue weighted by Crippen LogP contribution is 2.30. The van der Waals surface area contributed by atoms with Crippen molar-refractivity contribution in [1.82, 2.24) is 4.98 Å². The summed E-state index contributed by atoms with van der Waals surface area (Å²) in [5, 5.41) is 3.45. The maximum absolute atomic E-state index is 12.8. The second-order valence-electron chi connectivity index (χ2n) is 6.06. The summed E-state index contributed by atoms with van der Waals surface area (Å²) in [4.78, 5) is 31.0. The number of rotatable bonds is 3. The topological polar surface area (TPSA) is 62.3 Å². The minimum atomic E-state index is -0.244. The van der Waals surface area contributed by atoms with Gasteiger partial charge in [0, 0.05) is 13.0 Å². The Labute approximate surface area is 149 Å². The zero-order valence-electron chi connectivity index (χ0n) is 13.8. The van der Waals surface area contributed by atoms with Gasteiger partial charge >= 0.3 is 0 Å². The number of aromatic nitrogens is 1. The minimum Gasteiger partial charge on any atom is -0.312 e. The van der Waals surface area contributed by atoms with Crippen molar-refractivity contribution in [2.75, 3.05) is 16.8 Å². The molecule has 2 aromatic carbocycles. The number of aryl methyl sites for hydroxylation is 1. The van der Waals surface area contributed by atoms with Crippen molar-refractivity contribution >= 4 is 44.2 Å². The Bertz CT molecular complexity index is 980. The second kappa shape index (κ2) is 6.29. The fourth-order valence-electron chi connectivity index (χ4n) is 3.11. The number of nitrogens with zero attached hydrogens (tertiary/aromatic N) is 2.